The average molecular weight is 383 g/mol. The predicted molar refractivity (Wildman–Crippen MR) is 96.7 cm³/mol. The molecule has 0 radical (unpaired) electrons. The lowest BCUT2D eigenvalue weighted by Crippen LogP contribution is -2.32. The molecule has 0 spiro atoms. The van der Waals surface area contributed by atoms with E-state index in [9.17, 15) is 9.59 Å². The number of amides is 3. The summed E-state index contributed by atoms with van der Waals surface area (Å²) in [6, 6.07) is 5.48. The van der Waals surface area contributed by atoms with E-state index in [-0.39, 0.29) is 31.6 Å². The minimum atomic E-state index is -0.316. The summed E-state index contributed by atoms with van der Waals surface area (Å²) in [5, 5.41) is 9.16. The van der Waals surface area contributed by atoms with Crippen LogP contribution in [0.2, 0.25) is 0 Å². The molecule has 138 valence electrons. The van der Waals surface area contributed by atoms with E-state index >= 15 is 0 Å². The third-order valence-corrected chi connectivity index (χ3v) is 5.60. The van der Waals surface area contributed by atoms with E-state index in [0.29, 0.717) is 17.5 Å². The molecule has 0 unspecified atom stereocenters. The standard InChI is InChI=1S/C18H17N5O3S/c24-16-9-22(7-13-10-26-17(19-13)15-2-1-5-27-15)18(25)23(16)8-12-6-14(21-20-12)11-3-4-11/h1-2,5-6,10-11H,3-4,7-9H2,(H,20,21). The van der Waals surface area contributed by atoms with Gasteiger partial charge in [0.2, 0.25) is 5.89 Å². The number of hydrogen-bond acceptors (Lipinski definition) is 6. The molecule has 27 heavy (non-hydrogen) atoms. The van der Waals surface area contributed by atoms with Gasteiger partial charge >= 0.3 is 6.03 Å². The summed E-state index contributed by atoms with van der Waals surface area (Å²) in [5.74, 6) is 0.839. The Morgan fingerprint density at radius 3 is 2.96 bits per heavy atom. The van der Waals surface area contributed by atoms with Gasteiger partial charge in [0.25, 0.3) is 5.91 Å². The van der Waals surface area contributed by atoms with Crippen molar-refractivity contribution < 1.29 is 14.0 Å². The van der Waals surface area contributed by atoms with Gasteiger partial charge in [0.1, 0.15) is 12.8 Å². The lowest BCUT2D eigenvalue weighted by Gasteiger charge is -2.15. The van der Waals surface area contributed by atoms with E-state index in [1.165, 1.54) is 27.4 Å². The van der Waals surface area contributed by atoms with E-state index < -0.39 is 0 Å². The zero-order chi connectivity index (χ0) is 18.4. The van der Waals surface area contributed by atoms with Gasteiger partial charge in [0.15, 0.2) is 0 Å². The Kier molecular flexibility index (Phi) is 3.82. The first-order valence-electron chi connectivity index (χ1n) is 8.79. The monoisotopic (exact) mass is 383 g/mol. The van der Waals surface area contributed by atoms with Crippen LogP contribution in [-0.4, -0.2) is 43.5 Å². The van der Waals surface area contributed by atoms with Crippen LogP contribution >= 0.6 is 11.3 Å². The van der Waals surface area contributed by atoms with Gasteiger partial charge in [-0.15, -0.1) is 11.3 Å². The van der Waals surface area contributed by atoms with Gasteiger partial charge < -0.3 is 9.32 Å². The lowest BCUT2D eigenvalue weighted by molar-refractivity contribution is -0.125. The smallest absolute Gasteiger partial charge is 0.327 e. The maximum Gasteiger partial charge on any atom is 0.327 e. The van der Waals surface area contributed by atoms with Crippen molar-refractivity contribution in [3.63, 3.8) is 0 Å². The molecule has 9 heteroatoms. The Morgan fingerprint density at radius 1 is 1.30 bits per heavy atom. The molecule has 3 aromatic heterocycles. The van der Waals surface area contributed by atoms with Crippen LogP contribution in [0, 0.1) is 0 Å². The van der Waals surface area contributed by atoms with Crippen molar-refractivity contribution in [3.8, 4) is 10.8 Å². The number of oxazole rings is 1. The van der Waals surface area contributed by atoms with Gasteiger partial charge in [-0.3, -0.25) is 14.8 Å². The second-order valence-electron chi connectivity index (χ2n) is 6.83. The van der Waals surface area contributed by atoms with Gasteiger partial charge in [-0.2, -0.15) is 5.10 Å². The maximum atomic E-state index is 12.7. The van der Waals surface area contributed by atoms with Gasteiger partial charge in [-0.05, 0) is 30.4 Å². The highest BCUT2D eigenvalue weighted by molar-refractivity contribution is 7.13. The minimum absolute atomic E-state index is 0.0453. The third kappa shape index (κ3) is 3.14. The highest BCUT2D eigenvalue weighted by atomic mass is 32.1. The Morgan fingerprint density at radius 2 is 2.19 bits per heavy atom. The molecule has 1 saturated carbocycles. The zero-order valence-electron chi connectivity index (χ0n) is 14.4. The van der Waals surface area contributed by atoms with Crippen molar-refractivity contribution in [3.05, 3.63) is 46.9 Å². The number of nitrogens with zero attached hydrogens (tertiary/aromatic N) is 4. The number of carbonyl (C=O) groups excluding carboxylic acids is 2. The van der Waals surface area contributed by atoms with E-state index in [1.54, 1.807) is 0 Å². The summed E-state index contributed by atoms with van der Waals surface area (Å²) < 4.78 is 5.48. The molecular formula is C18H17N5O3S. The third-order valence-electron chi connectivity index (χ3n) is 4.74. The second-order valence-corrected chi connectivity index (χ2v) is 7.78. The number of H-pyrrole nitrogens is 1. The number of thiophene rings is 1. The zero-order valence-corrected chi connectivity index (χ0v) is 15.2. The molecule has 0 atom stereocenters. The molecule has 3 aromatic rings. The van der Waals surface area contributed by atoms with E-state index in [1.807, 2.05) is 23.6 Å². The van der Waals surface area contributed by atoms with Crippen LogP contribution in [0.5, 0.6) is 0 Å². The Balaban J connectivity index is 1.26. The molecule has 1 aliphatic heterocycles. The molecule has 2 fully saturated rings. The fourth-order valence-corrected chi connectivity index (χ4v) is 3.84. The number of nitrogens with one attached hydrogen (secondary N) is 1. The van der Waals surface area contributed by atoms with Crippen LogP contribution in [0.15, 0.2) is 34.3 Å². The maximum absolute atomic E-state index is 12.7. The molecule has 1 aliphatic carbocycles. The van der Waals surface area contributed by atoms with Gasteiger partial charge in [0, 0.05) is 5.92 Å². The highest BCUT2D eigenvalue weighted by Gasteiger charge is 2.37. The minimum Gasteiger partial charge on any atom is -0.443 e. The molecular weight excluding hydrogens is 366 g/mol. The largest absolute Gasteiger partial charge is 0.443 e. The fourth-order valence-electron chi connectivity index (χ4n) is 3.18. The summed E-state index contributed by atoms with van der Waals surface area (Å²) >= 11 is 1.53. The summed E-state index contributed by atoms with van der Waals surface area (Å²) in [5.41, 5.74) is 2.42. The Hall–Kier alpha value is -2.94. The number of aromatic amines is 1. The van der Waals surface area contributed by atoms with Crippen LogP contribution in [0.4, 0.5) is 4.79 Å². The first-order valence-corrected chi connectivity index (χ1v) is 9.67. The summed E-state index contributed by atoms with van der Waals surface area (Å²) in [6.45, 7) is 0.503. The van der Waals surface area contributed by atoms with Crippen molar-refractivity contribution >= 4 is 23.3 Å². The van der Waals surface area contributed by atoms with Crippen molar-refractivity contribution in [1.29, 1.82) is 0 Å². The number of carbonyl (C=O) groups is 2. The molecule has 2 aliphatic rings. The molecule has 3 amide bonds. The van der Waals surface area contributed by atoms with Crippen LogP contribution < -0.4 is 0 Å². The fraction of sp³-hybridized carbons (Fsp3) is 0.333. The molecule has 4 heterocycles. The second kappa shape index (κ2) is 6.34. The van der Waals surface area contributed by atoms with Crippen molar-refractivity contribution in [2.24, 2.45) is 0 Å². The number of rotatable bonds is 6. The summed E-state index contributed by atoms with van der Waals surface area (Å²) in [6.07, 6.45) is 3.85. The summed E-state index contributed by atoms with van der Waals surface area (Å²) in [4.78, 5) is 33.1. The first kappa shape index (κ1) is 16.2. The van der Waals surface area contributed by atoms with Crippen molar-refractivity contribution in [2.75, 3.05) is 6.54 Å². The number of imide groups is 1. The van der Waals surface area contributed by atoms with Gasteiger partial charge in [-0.25, -0.2) is 9.78 Å². The van der Waals surface area contributed by atoms with Crippen LogP contribution in [-0.2, 0) is 17.9 Å². The normalized spacial score (nSPS) is 17.3. The molecule has 0 aromatic carbocycles. The van der Waals surface area contributed by atoms with Crippen LogP contribution in [0.1, 0.15) is 35.8 Å². The molecule has 1 saturated heterocycles. The first-order chi connectivity index (χ1) is 13.2. The number of hydrogen-bond donors (Lipinski definition) is 1. The van der Waals surface area contributed by atoms with Crippen molar-refractivity contribution in [1.82, 2.24) is 25.0 Å². The highest BCUT2D eigenvalue weighted by Crippen LogP contribution is 2.39. The molecule has 8 nitrogen and oxygen atoms in total. The van der Waals surface area contributed by atoms with E-state index in [0.717, 1.165) is 29.1 Å². The van der Waals surface area contributed by atoms with E-state index in [4.69, 9.17) is 4.42 Å². The van der Waals surface area contributed by atoms with E-state index in [2.05, 4.69) is 15.2 Å². The lowest BCUT2D eigenvalue weighted by atomic mass is 10.2. The van der Waals surface area contributed by atoms with Crippen LogP contribution in [0.3, 0.4) is 0 Å². The predicted octanol–water partition coefficient (Wildman–Crippen LogP) is 2.97. The quantitative estimate of drug-likeness (QED) is 0.660. The molecule has 0 bridgehead atoms. The SMILES string of the molecule is O=C1CN(Cc2coc(-c3cccs3)n2)C(=O)N1Cc1cc(C2CC2)n[nH]1. The number of urea groups is 1. The molecule has 5 rings (SSSR count). The number of aromatic nitrogens is 3. The van der Waals surface area contributed by atoms with Crippen molar-refractivity contribution in [2.45, 2.75) is 31.8 Å². The topological polar surface area (TPSA) is 95.3 Å². The van der Waals surface area contributed by atoms with Crippen LogP contribution in [0.25, 0.3) is 10.8 Å². The van der Waals surface area contributed by atoms with Gasteiger partial charge in [0.05, 0.1) is 35.0 Å². The molecule has 1 N–H and O–H groups in total. The Bertz CT molecular complexity index is 988. The Labute approximate surface area is 158 Å². The summed E-state index contributed by atoms with van der Waals surface area (Å²) in [7, 11) is 0. The van der Waals surface area contributed by atoms with Gasteiger partial charge in [-0.1, -0.05) is 6.07 Å². The average Bonchev–Trinajstić information content (AvgIpc) is 3.07.